The van der Waals surface area contributed by atoms with Crippen molar-refractivity contribution in [2.75, 3.05) is 0 Å². The lowest BCUT2D eigenvalue weighted by atomic mass is 9.82. The van der Waals surface area contributed by atoms with Gasteiger partial charge in [0.15, 0.2) is 0 Å². The number of aryl methyl sites for hydroxylation is 1. The predicted molar refractivity (Wildman–Crippen MR) is 58.0 cm³/mol. The van der Waals surface area contributed by atoms with Gasteiger partial charge in [0, 0.05) is 17.5 Å². The fraction of sp³-hybridized carbons (Fsp3) is 0.583. The molecule has 1 unspecified atom stereocenters. The van der Waals surface area contributed by atoms with Crippen LogP contribution in [-0.4, -0.2) is 10.1 Å². The van der Waals surface area contributed by atoms with Crippen LogP contribution in [-0.2, 0) is 5.60 Å². The summed E-state index contributed by atoms with van der Waals surface area (Å²) in [4.78, 5) is 4.22. The van der Waals surface area contributed by atoms with E-state index in [1.807, 2.05) is 39.8 Å². The first kappa shape index (κ1) is 11.2. The van der Waals surface area contributed by atoms with Crippen molar-refractivity contribution < 1.29 is 5.11 Å². The minimum atomic E-state index is -0.735. The van der Waals surface area contributed by atoms with Crippen LogP contribution >= 0.6 is 0 Å². The quantitative estimate of drug-likeness (QED) is 0.800. The highest BCUT2D eigenvalue weighted by Gasteiger charge is 2.30. The Hall–Kier alpha value is -0.890. The zero-order valence-electron chi connectivity index (χ0n) is 9.41. The molecule has 1 heterocycles. The number of aromatic nitrogens is 1. The first-order valence-corrected chi connectivity index (χ1v) is 5.16. The number of hydrogen-bond acceptors (Lipinski definition) is 2. The van der Waals surface area contributed by atoms with E-state index in [1.54, 1.807) is 6.20 Å². The summed E-state index contributed by atoms with van der Waals surface area (Å²) in [5, 5.41) is 10.4. The van der Waals surface area contributed by atoms with E-state index in [0.29, 0.717) is 0 Å². The second kappa shape index (κ2) is 4.09. The van der Waals surface area contributed by atoms with E-state index in [0.717, 1.165) is 17.7 Å². The van der Waals surface area contributed by atoms with Crippen LogP contribution in [0.25, 0.3) is 0 Å². The molecule has 0 aromatic carbocycles. The molecule has 0 aliphatic carbocycles. The summed E-state index contributed by atoms with van der Waals surface area (Å²) >= 11 is 0. The molecule has 2 nitrogen and oxygen atoms in total. The third-order valence-electron chi connectivity index (χ3n) is 2.91. The lowest BCUT2D eigenvalue weighted by Gasteiger charge is -2.31. The van der Waals surface area contributed by atoms with E-state index in [9.17, 15) is 5.11 Å². The second-order valence-electron chi connectivity index (χ2n) is 4.12. The average molecular weight is 193 g/mol. The molecule has 1 rings (SSSR count). The predicted octanol–water partition coefficient (Wildman–Crippen LogP) is 2.64. The Bertz CT molecular complexity index is 292. The molecular formula is C12H19NO. The molecule has 0 spiro atoms. The zero-order chi connectivity index (χ0) is 10.8. The number of hydrogen-bond donors (Lipinski definition) is 1. The van der Waals surface area contributed by atoms with Crippen molar-refractivity contribution in [3.63, 3.8) is 0 Å². The van der Waals surface area contributed by atoms with Gasteiger partial charge in [-0.1, -0.05) is 26.8 Å². The van der Waals surface area contributed by atoms with Crippen LogP contribution in [0.3, 0.4) is 0 Å². The molecule has 2 heteroatoms. The minimum Gasteiger partial charge on any atom is -0.385 e. The molecule has 14 heavy (non-hydrogen) atoms. The van der Waals surface area contributed by atoms with E-state index in [1.165, 1.54) is 0 Å². The summed E-state index contributed by atoms with van der Waals surface area (Å²) in [6, 6.07) is 3.91. The summed E-state index contributed by atoms with van der Waals surface area (Å²) in [5.41, 5.74) is 1.16. The highest BCUT2D eigenvalue weighted by molar-refractivity contribution is 5.21. The molecule has 0 radical (unpaired) electrons. The van der Waals surface area contributed by atoms with Gasteiger partial charge in [-0.05, 0) is 25.3 Å². The smallest absolute Gasteiger partial charge is 0.0931 e. The molecule has 1 atom stereocenters. The van der Waals surface area contributed by atoms with Crippen LogP contribution in [0.4, 0.5) is 0 Å². The molecule has 1 N–H and O–H groups in total. The van der Waals surface area contributed by atoms with Crippen molar-refractivity contribution >= 4 is 0 Å². The largest absolute Gasteiger partial charge is 0.385 e. The maximum absolute atomic E-state index is 10.4. The number of rotatable bonds is 3. The van der Waals surface area contributed by atoms with E-state index >= 15 is 0 Å². The van der Waals surface area contributed by atoms with Crippen molar-refractivity contribution in [3.8, 4) is 0 Å². The lowest BCUT2D eigenvalue weighted by Crippen LogP contribution is -2.31. The molecule has 78 valence electrons. The van der Waals surface area contributed by atoms with Crippen molar-refractivity contribution in [2.24, 2.45) is 5.92 Å². The van der Waals surface area contributed by atoms with Crippen LogP contribution < -0.4 is 0 Å². The topological polar surface area (TPSA) is 33.1 Å². The van der Waals surface area contributed by atoms with Gasteiger partial charge < -0.3 is 5.11 Å². The van der Waals surface area contributed by atoms with Crippen LogP contribution in [0.5, 0.6) is 0 Å². The molecular weight excluding hydrogens is 174 g/mol. The summed E-state index contributed by atoms with van der Waals surface area (Å²) in [6.45, 7) is 8.01. The third-order valence-corrected chi connectivity index (χ3v) is 2.91. The third kappa shape index (κ3) is 1.95. The maximum atomic E-state index is 10.4. The Morgan fingerprint density at radius 2 is 2.07 bits per heavy atom. The number of nitrogens with zero attached hydrogens (tertiary/aromatic N) is 1. The molecule has 0 fully saturated rings. The number of aliphatic hydroxyl groups is 1. The number of pyridine rings is 1. The normalized spacial score (nSPS) is 15.6. The fourth-order valence-electron chi connectivity index (χ4n) is 1.67. The zero-order valence-corrected chi connectivity index (χ0v) is 9.41. The first-order valence-electron chi connectivity index (χ1n) is 5.16. The van der Waals surface area contributed by atoms with E-state index in [2.05, 4.69) is 4.98 Å². The van der Waals surface area contributed by atoms with Gasteiger partial charge in [-0.25, -0.2) is 0 Å². The van der Waals surface area contributed by atoms with Crippen LogP contribution in [0.1, 0.15) is 38.4 Å². The summed E-state index contributed by atoms with van der Waals surface area (Å²) < 4.78 is 0. The highest BCUT2D eigenvalue weighted by Crippen LogP contribution is 2.32. The molecule has 1 aromatic rings. The Kier molecular flexibility index (Phi) is 3.27. The molecule has 0 saturated heterocycles. The molecule has 0 bridgehead atoms. The Morgan fingerprint density at radius 1 is 1.43 bits per heavy atom. The van der Waals surface area contributed by atoms with Crippen LogP contribution in [0, 0.1) is 12.8 Å². The summed E-state index contributed by atoms with van der Waals surface area (Å²) in [6.07, 6.45) is 2.49. The average Bonchev–Trinajstić information content (AvgIpc) is 2.17. The maximum Gasteiger partial charge on any atom is 0.0931 e. The molecule has 0 aliphatic heterocycles. The van der Waals surface area contributed by atoms with Crippen LogP contribution in [0.2, 0.25) is 0 Å². The molecule has 0 saturated carbocycles. The molecule has 1 aromatic heterocycles. The Morgan fingerprint density at radius 3 is 2.43 bits per heavy atom. The lowest BCUT2D eigenvalue weighted by molar-refractivity contribution is -0.0143. The van der Waals surface area contributed by atoms with Gasteiger partial charge in [0.1, 0.15) is 0 Å². The van der Waals surface area contributed by atoms with Gasteiger partial charge in [0.05, 0.1) is 5.60 Å². The van der Waals surface area contributed by atoms with E-state index in [-0.39, 0.29) is 5.92 Å². The monoisotopic (exact) mass is 193 g/mol. The first-order chi connectivity index (χ1) is 6.50. The fourth-order valence-corrected chi connectivity index (χ4v) is 1.67. The standard InChI is InChI=1S/C12H19NO/c1-5-12(14,9(2)3)11-7-6-10(4)13-8-11/h6-9,14H,5H2,1-4H3. The van der Waals surface area contributed by atoms with Crippen molar-refractivity contribution in [1.82, 2.24) is 4.98 Å². The van der Waals surface area contributed by atoms with E-state index < -0.39 is 5.60 Å². The van der Waals surface area contributed by atoms with Gasteiger partial charge in [-0.2, -0.15) is 0 Å². The summed E-state index contributed by atoms with van der Waals surface area (Å²) in [7, 11) is 0. The van der Waals surface area contributed by atoms with Gasteiger partial charge in [0.25, 0.3) is 0 Å². The van der Waals surface area contributed by atoms with Gasteiger partial charge in [-0.3, -0.25) is 4.98 Å². The summed E-state index contributed by atoms with van der Waals surface area (Å²) in [5.74, 6) is 0.206. The van der Waals surface area contributed by atoms with Gasteiger partial charge in [0.2, 0.25) is 0 Å². The van der Waals surface area contributed by atoms with Crippen molar-refractivity contribution in [3.05, 3.63) is 29.6 Å². The minimum absolute atomic E-state index is 0.206. The van der Waals surface area contributed by atoms with Gasteiger partial charge in [-0.15, -0.1) is 0 Å². The Labute approximate surface area is 86.0 Å². The van der Waals surface area contributed by atoms with Crippen molar-refractivity contribution in [2.45, 2.75) is 39.7 Å². The van der Waals surface area contributed by atoms with Gasteiger partial charge >= 0.3 is 0 Å². The Balaban J connectivity index is 3.06. The molecule has 0 amide bonds. The second-order valence-corrected chi connectivity index (χ2v) is 4.12. The highest BCUT2D eigenvalue weighted by atomic mass is 16.3. The van der Waals surface area contributed by atoms with Crippen LogP contribution in [0.15, 0.2) is 18.3 Å². The molecule has 0 aliphatic rings. The van der Waals surface area contributed by atoms with E-state index in [4.69, 9.17) is 0 Å². The SMILES string of the molecule is CCC(O)(c1ccc(C)nc1)C(C)C. The van der Waals surface area contributed by atoms with Crippen molar-refractivity contribution in [1.29, 1.82) is 0 Å².